The average molecular weight is 118 g/mol. The Balaban J connectivity index is 3.17. The normalized spacial score (nSPS) is 11.0. The molecule has 0 spiro atoms. The lowest BCUT2D eigenvalue weighted by atomic mass is 11.0. The Labute approximate surface area is 44.8 Å². The largest absolute Gasteiger partial charge is 0.314 e. The van der Waals surface area contributed by atoms with E-state index in [-0.39, 0.29) is 0 Å². The van der Waals surface area contributed by atoms with Gasteiger partial charge in [-0.3, -0.25) is 0 Å². The Hall–Kier alpha value is -1.13. The Morgan fingerprint density at radius 3 is 2.25 bits per heavy atom. The van der Waals surface area contributed by atoms with E-state index in [2.05, 4.69) is 15.0 Å². The van der Waals surface area contributed by atoms with Gasteiger partial charge in [-0.15, -0.1) is 0 Å². The molecule has 0 aromatic carbocycles. The average Bonchev–Trinajstić information content (AvgIpc) is 1.59. The Kier molecular flexibility index (Phi) is 0.845. The van der Waals surface area contributed by atoms with E-state index in [9.17, 15) is 8.78 Å². The minimum Gasteiger partial charge on any atom is -0.190 e. The molecule has 8 heavy (non-hydrogen) atoms. The molecule has 3 nitrogen and oxygen atoms in total. The van der Waals surface area contributed by atoms with E-state index in [1.54, 1.807) is 0 Å². The molecule has 0 saturated carbocycles. The molecule has 0 bridgehead atoms. The maximum atomic E-state index is 11.8. The van der Waals surface area contributed by atoms with Gasteiger partial charge < -0.3 is 0 Å². The molecule has 0 fully saturated rings. The zero-order valence-corrected chi connectivity index (χ0v) is 3.60. The molecule has 0 amide bonds. The highest BCUT2D eigenvalue weighted by Crippen LogP contribution is 1.83. The summed E-state index contributed by atoms with van der Waals surface area (Å²) < 4.78 is 30.1. The number of halogens is 2. The third kappa shape index (κ3) is 0.927. The predicted molar refractivity (Wildman–Crippen MR) is 19.7 cm³/mol. The molecule has 1 heterocycles. The molecule has 0 unspecified atom stereocenters. The highest BCUT2D eigenvalue weighted by molar-refractivity contribution is 4.60. The third-order valence-corrected chi connectivity index (χ3v) is 0.469. The van der Waals surface area contributed by atoms with E-state index in [0.717, 1.165) is 0 Å². The van der Waals surface area contributed by atoms with Crippen molar-refractivity contribution >= 4 is 0 Å². The Morgan fingerprint density at radius 2 is 1.88 bits per heavy atom. The molecule has 42 valence electrons. The standard InChI is InChI=1S/C3HF2N3/c4-2-6-1-7-3(5)8-2/h1H/i1D. The Morgan fingerprint density at radius 1 is 1.38 bits per heavy atom. The molecule has 1 aromatic heterocycles. The maximum Gasteiger partial charge on any atom is 0.314 e. The molecule has 0 N–H and O–H groups in total. The van der Waals surface area contributed by atoms with Crippen LogP contribution in [0.3, 0.4) is 0 Å². The zero-order chi connectivity index (χ0) is 6.85. The molecule has 0 aliphatic heterocycles. The van der Waals surface area contributed by atoms with E-state index >= 15 is 0 Å². The van der Waals surface area contributed by atoms with Gasteiger partial charge in [0.2, 0.25) is 0 Å². The monoisotopic (exact) mass is 118 g/mol. The topological polar surface area (TPSA) is 38.7 Å². The van der Waals surface area contributed by atoms with Crippen molar-refractivity contribution in [1.29, 1.82) is 0 Å². The molecular formula is C3HF2N3. The van der Waals surface area contributed by atoms with Crippen molar-refractivity contribution in [3.8, 4) is 0 Å². The summed E-state index contributed by atoms with van der Waals surface area (Å²) in [6.07, 6.45) is -3.25. The van der Waals surface area contributed by atoms with Gasteiger partial charge in [-0.05, 0) is 0 Å². The SMILES string of the molecule is [2H]c1nc(F)nc(F)n1. The van der Waals surface area contributed by atoms with Crippen LogP contribution in [0, 0.1) is 12.2 Å². The predicted octanol–water partition coefficient (Wildman–Crippen LogP) is 0.150. The molecule has 0 saturated heterocycles. The van der Waals surface area contributed by atoms with Gasteiger partial charge in [-0.2, -0.15) is 23.7 Å². The van der Waals surface area contributed by atoms with Crippen molar-refractivity contribution in [1.82, 2.24) is 15.0 Å². The first-order valence-corrected chi connectivity index (χ1v) is 1.72. The summed E-state index contributed by atoms with van der Waals surface area (Å²) >= 11 is 0. The summed E-state index contributed by atoms with van der Waals surface area (Å²) in [7, 11) is 0. The lowest BCUT2D eigenvalue weighted by Gasteiger charge is -1.81. The molecule has 5 heteroatoms. The number of aromatic nitrogens is 3. The van der Waals surface area contributed by atoms with Gasteiger partial charge in [0, 0.05) is 0 Å². The van der Waals surface area contributed by atoms with E-state index < -0.39 is 18.5 Å². The maximum absolute atomic E-state index is 11.8. The van der Waals surface area contributed by atoms with Gasteiger partial charge in [-0.1, -0.05) is 0 Å². The van der Waals surface area contributed by atoms with Crippen LogP contribution in [0.5, 0.6) is 0 Å². The van der Waals surface area contributed by atoms with Gasteiger partial charge in [0.25, 0.3) is 0 Å². The van der Waals surface area contributed by atoms with Crippen molar-refractivity contribution in [3.05, 3.63) is 18.5 Å². The molecule has 0 aliphatic carbocycles. The first-order chi connectivity index (χ1) is 4.18. The lowest BCUT2D eigenvalue weighted by Crippen LogP contribution is -1.93. The number of rotatable bonds is 0. The van der Waals surface area contributed by atoms with Gasteiger partial charge in [0.05, 0.1) is 0 Å². The summed E-state index contributed by atoms with van der Waals surface area (Å²) in [5.74, 6) is 0. The summed E-state index contributed by atoms with van der Waals surface area (Å²) in [4.78, 5) is 8.10. The number of hydrogen-bond acceptors (Lipinski definition) is 3. The third-order valence-electron chi connectivity index (χ3n) is 0.469. The van der Waals surface area contributed by atoms with Crippen molar-refractivity contribution in [3.63, 3.8) is 0 Å². The van der Waals surface area contributed by atoms with Crippen molar-refractivity contribution in [2.24, 2.45) is 0 Å². The van der Waals surface area contributed by atoms with Crippen LogP contribution in [-0.2, 0) is 0 Å². The van der Waals surface area contributed by atoms with Gasteiger partial charge in [-0.25, -0.2) is 0 Å². The smallest absolute Gasteiger partial charge is 0.190 e. The zero-order valence-electron chi connectivity index (χ0n) is 4.60. The van der Waals surface area contributed by atoms with Crippen molar-refractivity contribution < 1.29 is 10.2 Å². The lowest BCUT2D eigenvalue weighted by molar-refractivity contribution is 0.454. The quantitative estimate of drug-likeness (QED) is 0.486. The second-order valence-corrected chi connectivity index (χ2v) is 0.973. The van der Waals surface area contributed by atoms with Crippen LogP contribution in [0.15, 0.2) is 6.30 Å². The first-order valence-electron chi connectivity index (χ1n) is 2.22. The molecular weight excluding hydrogens is 116 g/mol. The van der Waals surface area contributed by atoms with E-state index in [0.29, 0.717) is 0 Å². The molecule has 0 aliphatic rings. The first kappa shape index (κ1) is 3.82. The van der Waals surface area contributed by atoms with Crippen LogP contribution < -0.4 is 0 Å². The van der Waals surface area contributed by atoms with Crippen LogP contribution in [0.1, 0.15) is 1.37 Å². The van der Waals surface area contributed by atoms with Crippen LogP contribution >= 0.6 is 0 Å². The minimum absolute atomic E-state index is 0.708. The van der Waals surface area contributed by atoms with Crippen LogP contribution in [0.25, 0.3) is 0 Å². The fourth-order valence-electron chi connectivity index (χ4n) is 0.234. The number of hydrogen-bond donors (Lipinski definition) is 0. The van der Waals surface area contributed by atoms with E-state index in [1.165, 1.54) is 0 Å². The summed E-state index contributed by atoms with van der Waals surface area (Å²) in [6, 6.07) is 0. The van der Waals surface area contributed by atoms with Crippen molar-refractivity contribution in [2.75, 3.05) is 0 Å². The fourth-order valence-corrected chi connectivity index (χ4v) is 0.234. The number of nitrogens with zero attached hydrogens (tertiary/aromatic N) is 3. The summed E-state index contributed by atoms with van der Waals surface area (Å²) in [6.45, 7) is 0. The second kappa shape index (κ2) is 1.77. The van der Waals surface area contributed by atoms with Crippen LogP contribution in [0.4, 0.5) is 8.78 Å². The molecule has 1 rings (SSSR count). The van der Waals surface area contributed by atoms with Crippen LogP contribution in [-0.4, -0.2) is 15.0 Å². The second-order valence-electron chi connectivity index (χ2n) is 0.973. The van der Waals surface area contributed by atoms with Gasteiger partial charge in [0.1, 0.15) is 7.67 Å². The van der Waals surface area contributed by atoms with Gasteiger partial charge >= 0.3 is 12.2 Å². The van der Waals surface area contributed by atoms with Crippen LogP contribution in [0.2, 0.25) is 0 Å². The fraction of sp³-hybridized carbons (Fsp3) is 0. The molecule has 0 atom stereocenters. The summed E-state index contributed by atoms with van der Waals surface area (Å²) in [5.41, 5.74) is 0. The van der Waals surface area contributed by atoms with Gasteiger partial charge in [0.15, 0.2) is 0 Å². The molecule has 0 radical (unpaired) electrons. The molecule has 1 aromatic rings. The Bertz CT molecular complexity index is 178. The van der Waals surface area contributed by atoms with E-state index in [1.807, 2.05) is 0 Å². The highest BCUT2D eigenvalue weighted by atomic mass is 19.1. The van der Waals surface area contributed by atoms with E-state index in [4.69, 9.17) is 1.37 Å². The minimum atomic E-state index is -1.27. The highest BCUT2D eigenvalue weighted by Gasteiger charge is 1.93. The summed E-state index contributed by atoms with van der Waals surface area (Å²) in [5, 5.41) is 0. The van der Waals surface area contributed by atoms with Crippen molar-refractivity contribution in [2.45, 2.75) is 0 Å².